The highest BCUT2D eigenvalue weighted by molar-refractivity contribution is 7.99. The summed E-state index contributed by atoms with van der Waals surface area (Å²) in [6.45, 7) is 2.15. The van der Waals surface area contributed by atoms with Crippen molar-refractivity contribution in [3.63, 3.8) is 0 Å². The SMILES string of the molecule is CCSc1ccc(-c2nn(-c3ccccc3)cc2C=C(C#N)c2nc3ccccc3s2)cc1. The Balaban J connectivity index is 1.62. The van der Waals surface area contributed by atoms with Crippen molar-refractivity contribution in [2.45, 2.75) is 11.8 Å². The van der Waals surface area contributed by atoms with Crippen LogP contribution in [0.3, 0.4) is 0 Å². The number of nitriles is 1. The minimum Gasteiger partial charge on any atom is -0.240 e. The molecule has 0 spiro atoms. The zero-order valence-corrected chi connectivity index (χ0v) is 19.6. The van der Waals surface area contributed by atoms with E-state index in [0.29, 0.717) is 10.6 Å². The minimum absolute atomic E-state index is 0.531. The van der Waals surface area contributed by atoms with Crippen molar-refractivity contribution in [3.05, 3.63) is 95.6 Å². The number of thiazole rings is 1. The monoisotopic (exact) mass is 464 g/mol. The van der Waals surface area contributed by atoms with Gasteiger partial charge in [-0.2, -0.15) is 10.4 Å². The molecule has 2 heterocycles. The van der Waals surface area contributed by atoms with E-state index in [4.69, 9.17) is 5.10 Å². The van der Waals surface area contributed by atoms with Crippen LogP contribution in [-0.2, 0) is 0 Å². The van der Waals surface area contributed by atoms with Gasteiger partial charge in [0.25, 0.3) is 0 Å². The Morgan fingerprint density at radius 1 is 1.03 bits per heavy atom. The summed E-state index contributed by atoms with van der Waals surface area (Å²) in [7, 11) is 0. The zero-order chi connectivity index (χ0) is 22.6. The molecule has 0 aliphatic carbocycles. The number of benzene rings is 3. The number of para-hydroxylation sites is 2. The van der Waals surface area contributed by atoms with E-state index < -0.39 is 0 Å². The first-order valence-electron chi connectivity index (χ1n) is 10.6. The van der Waals surface area contributed by atoms with E-state index >= 15 is 0 Å². The Bertz CT molecular complexity index is 1440. The lowest BCUT2D eigenvalue weighted by Crippen LogP contribution is -1.93. The van der Waals surface area contributed by atoms with Crippen molar-refractivity contribution in [3.8, 4) is 23.0 Å². The topological polar surface area (TPSA) is 54.5 Å². The van der Waals surface area contributed by atoms with Crippen LogP contribution in [0.1, 0.15) is 17.5 Å². The first-order chi connectivity index (χ1) is 16.2. The van der Waals surface area contributed by atoms with E-state index in [1.54, 1.807) is 0 Å². The van der Waals surface area contributed by atoms with Crippen LogP contribution in [0.25, 0.3) is 38.8 Å². The van der Waals surface area contributed by atoms with Crippen LogP contribution in [0, 0.1) is 11.3 Å². The van der Waals surface area contributed by atoms with Gasteiger partial charge in [-0.15, -0.1) is 23.1 Å². The zero-order valence-electron chi connectivity index (χ0n) is 18.0. The summed E-state index contributed by atoms with van der Waals surface area (Å²) in [6, 6.07) is 28.7. The third-order valence-electron chi connectivity index (χ3n) is 5.15. The quantitative estimate of drug-likeness (QED) is 0.195. The summed E-state index contributed by atoms with van der Waals surface area (Å²) >= 11 is 3.34. The summed E-state index contributed by atoms with van der Waals surface area (Å²) in [5.41, 5.74) is 5.13. The predicted octanol–water partition coefficient (Wildman–Crippen LogP) is 7.33. The van der Waals surface area contributed by atoms with E-state index in [1.807, 2.05) is 83.3 Å². The first-order valence-corrected chi connectivity index (χ1v) is 12.4. The van der Waals surface area contributed by atoms with Gasteiger partial charge in [-0.05, 0) is 48.2 Å². The molecule has 33 heavy (non-hydrogen) atoms. The molecule has 0 fully saturated rings. The third-order valence-corrected chi connectivity index (χ3v) is 7.11. The number of thioether (sulfide) groups is 1. The lowest BCUT2D eigenvalue weighted by atomic mass is 10.1. The van der Waals surface area contributed by atoms with Crippen LogP contribution in [0.5, 0.6) is 0 Å². The standard InChI is InChI=1S/C27H20N4S2/c1-2-32-23-14-12-19(13-15-23)26-21(18-31(30-26)22-8-4-3-5-9-22)16-20(17-28)27-29-24-10-6-7-11-25(24)33-27/h3-16,18H,2H2,1H3. The molecule has 0 aliphatic rings. The van der Waals surface area contributed by atoms with Gasteiger partial charge in [0.2, 0.25) is 0 Å². The van der Waals surface area contributed by atoms with Gasteiger partial charge in [0.05, 0.1) is 27.2 Å². The molecule has 160 valence electrons. The van der Waals surface area contributed by atoms with E-state index in [1.165, 1.54) is 16.2 Å². The van der Waals surface area contributed by atoms with Gasteiger partial charge in [0, 0.05) is 22.2 Å². The second-order valence-corrected chi connectivity index (χ2v) is 9.70. The van der Waals surface area contributed by atoms with E-state index in [9.17, 15) is 5.26 Å². The normalized spacial score (nSPS) is 11.6. The van der Waals surface area contributed by atoms with Gasteiger partial charge in [-0.25, -0.2) is 9.67 Å². The highest BCUT2D eigenvalue weighted by Gasteiger charge is 2.15. The molecule has 4 nitrogen and oxygen atoms in total. The van der Waals surface area contributed by atoms with Crippen LogP contribution < -0.4 is 0 Å². The van der Waals surface area contributed by atoms with Gasteiger partial charge >= 0.3 is 0 Å². The fraction of sp³-hybridized carbons (Fsp3) is 0.0741. The molecule has 0 atom stereocenters. The molecule has 0 saturated heterocycles. The van der Waals surface area contributed by atoms with Crippen LogP contribution in [-0.4, -0.2) is 20.5 Å². The molecule has 2 aromatic heterocycles. The van der Waals surface area contributed by atoms with E-state index in [-0.39, 0.29) is 0 Å². The van der Waals surface area contributed by atoms with Gasteiger partial charge in [-0.1, -0.05) is 49.4 Å². The minimum atomic E-state index is 0.531. The molecule has 0 aliphatic heterocycles. The Kier molecular flexibility index (Phi) is 6.07. The fourth-order valence-corrected chi connectivity index (χ4v) is 5.18. The Hall–Kier alpha value is -3.66. The largest absolute Gasteiger partial charge is 0.240 e. The Labute approximate surface area is 200 Å². The number of hydrogen-bond acceptors (Lipinski definition) is 5. The number of aromatic nitrogens is 3. The number of nitrogens with zero attached hydrogens (tertiary/aromatic N) is 4. The van der Waals surface area contributed by atoms with E-state index in [0.717, 1.165) is 38.5 Å². The molecule has 5 rings (SSSR count). The summed E-state index contributed by atoms with van der Waals surface area (Å²) < 4.78 is 2.93. The highest BCUT2D eigenvalue weighted by Crippen LogP contribution is 2.32. The number of fused-ring (bicyclic) bond motifs is 1. The van der Waals surface area contributed by atoms with Crippen LogP contribution in [0.2, 0.25) is 0 Å². The highest BCUT2D eigenvalue weighted by atomic mass is 32.2. The summed E-state index contributed by atoms with van der Waals surface area (Å²) in [5.74, 6) is 1.03. The molecule has 0 bridgehead atoms. The second-order valence-electron chi connectivity index (χ2n) is 7.33. The van der Waals surface area contributed by atoms with Crippen molar-refractivity contribution in [1.82, 2.24) is 14.8 Å². The van der Waals surface area contributed by atoms with Crippen LogP contribution >= 0.6 is 23.1 Å². The van der Waals surface area contributed by atoms with Crippen molar-refractivity contribution in [2.75, 3.05) is 5.75 Å². The lowest BCUT2D eigenvalue weighted by Gasteiger charge is -2.03. The molecule has 3 aromatic carbocycles. The summed E-state index contributed by atoms with van der Waals surface area (Å²) in [5, 5.41) is 15.6. The molecule has 6 heteroatoms. The van der Waals surface area contributed by atoms with Gasteiger partial charge < -0.3 is 0 Å². The van der Waals surface area contributed by atoms with Crippen molar-refractivity contribution in [2.24, 2.45) is 0 Å². The molecule has 0 radical (unpaired) electrons. The Morgan fingerprint density at radius 3 is 2.52 bits per heavy atom. The predicted molar refractivity (Wildman–Crippen MR) is 139 cm³/mol. The second kappa shape index (κ2) is 9.45. The van der Waals surface area contributed by atoms with Crippen LogP contribution in [0.4, 0.5) is 0 Å². The summed E-state index contributed by atoms with van der Waals surface area (Å²) in [4.78, 5) is 5.91. The Morgan fingerprint density at radius 2 is 1.79 bits per heavy atom. The summed E-state index contributed by atoms with van der Waals surface area (Å²) in [6.07, 6.45) is 3.87. The molecule has 0 unspecified atom stereocenters. The van der Waals surface area contributed by atoms with Crippen molar-refractivity contribution < 1.29 is 0 Å². The molecule has 0 amide bonds. The molecular weight excluding hydrogens is 444 g/mol. The molecule has 5 aromatic rings. The molecular formula is C27H20N4S2. The fourth-order valence-electron chi connectivity index (χ4n) is 3.59. The average Bonchev–Trinajstić information content (AvgIpc) is 3.48. The van der Waals surface area contributed by atoms with Crippen molar-refractivity contribution in [1.29, 1.82) is 5.26 Å². The average molecular weight is 465 g/mol. The third kappa shape index (κ3) is 4.47. The number of rotatable bonds is 6. The number of allylic oxidation sites excluding steroid dienone is 1. The first kappa shape index (κ1) is 21.2. The van der Waals surface area contributed by atoms with Crippen molar-refractivity contribution >= 4 is 45.0 Å². The smallest absolute Gasteiger partial charge is 0.135 e. The maximum absolute atomic E-state index is 9.97. The van der Waals surface area contributed by atoms with E-state index in [2.05, 4.69) is 42.2 Å². The molecule has 0 N–H and O–H groups in total. The van der Waals surface area contributed by atoms with Gasteiger partial charge in [-0.3, -0.25) is 0 Å². The lowest BCUT2D eigenvalue weighted by molar-refractivity contribution is 0.884. The van der Waals surface area contributed by atoms with Gasteiger partial charge in [0.1, 0.15) is 11.1 Å². The maximum atomic E-state index is 9.97. The maximum Gasteiger partial charge on any atom is 0.135 e. The number of hydrogen-bond donors (Lipinski definition) is 0. The molecule has 0 saturated carbocycles. The van der Waals surface area contributed by atoms with Crippen LogP contribution in [0.15, 0.2) is 90.0 Å². The van der Waals surface area contributed by atoms with Gasteiger partial charge in [0.15, 0.2) is 0 Å².